The number of fused-ring (bicyclic) bond motifs is 1. The Kier molecular flexibility index (Phi) is 9.03. The van der Waals surface area contributed by atoms with Crippen LogP contribution in [0.5, 0.6) is 11.5 Å². The summed E-state index contributed by atoms with van der Waals surface area (Å²) < 4.78 is 51.7. The van der Waals surface area contributed by atoms with E-state index in [0.717, 1.165) is 46.8 Å². The second-order valence-electron chi connectivity index (χ2n) is 7.34. The Morgan fingerprint density at radius 2 is 1.58 bits per heavy atom. The van der Waals surface area contributed by atoms with E-state index in [4.69, 9.17) is 32.5 Å². The van der Waals surface area contributed by atoms with Crippen LogP contribution in [0.25, 0.3) is 22.3 Å². The van der Waals surface area contributed by atoms with Gasteiger partial charge in [0.2, 0.25) is 0 Å². The van der Waals surface area contributed by atoms with Gasteiger partial charge in [-0.25, -0.2) is 23.1 Å². The van der Waals surface area contributed by atoms with Crippen LogP contribution in [0.3, 0.4) is 0 Å². The number of ether oxygens (including phenoxy) is 2. The molecule has 0 aliphatic rings. The molecule has 3 aromatic rings. The highest BCUT2D eigenvalue weighted by Crippen LogP contribution is 2.34. The zero-order valence-corrected chi connectivity index (χ0v) is 18.8. The molecule has 1 heterocycles. The first kappa shape index (κ1) is 24.8. The fourth-order valence-electron chi connectivity index (χ4n) is 2.82. The maximum Gasteiger partial charge on any atom is 0.364 e. The number of aryl methyl sites for hydroxylation is 1. The zero-order chi connectivity index (χ0) is 23.0. The van der Waals surface area contributed by atoms with Crippen molar-refractivity contribution < 1.29 is 42.8 Å². The van der Waals surface area contributed by atoms with Crippen molar-refractivity contribution in [2.24, 2.45) is 5.92 Å². The van der Waals surface area contributed by atoms with Crippen LogP contribution in [0.4, 0.5) is 0 Å². The fourth-order valence-corrected chi connectivity index (χ4v) is 2.82. The highest BCUT2D eigenvalue weighted by molar-refractivity contribution is 5.86. The molecule has 0 bridgehead atoms. The van der Waals surface area contributed by atoms with Crippen LogP contribution >= 0.6 is 0 Å². The second kappa shape index (κ2) is 11.3. The van der Waals surface area contributed by atoms with Gasteiger partial charge in [-0.2, -0.15) is 0 Å². The van der Waals surface area contributed by atoms with Crippen LogP contribution in [0.2, 0.25) is 0 Å². The summed E-state index contributed by atoms with van der Waals surface area (Å²) in [4.78, 5) is 0. The number of halogens is 1. The first-order valence-electron chi connectivity index (χ1n) is 9.92. The van der Waals surface area contributed by atoms with E-state index in [-0.39, 0.29) is 0 Å². The highest BCUT2D eigenvalue weighted by atomic mass is 35.7. The average molecular weight is 451 g/mol. The van der Waals surface area contributed by atoms with Gasteiger partial charge in [0.15, 0.2) is 0 Å². The minimum atomic E-state index is -4.94. The van der Waals surface area contributed by atoms with E-state index in [2.05, 4.69) is 32.9 Å². The Balaban J connectivity index is 0.000000614. The molecule has 31 heavy (non-hydrogen) atoms. The van der Waals surface area contributed by atoms with Crippen LogP contribution in [-0.2, 0) is 0 Å². The number of rotatable bonds is 7. The summed E-state index contributed by atoms with van der Waals surface area (Å²) in [5.74, 6) is 3.17. The van der Waals surface area contributed by atoms with Crippen molar-refractivity contribution in [2.75, 3.05) is 13.2 Å². The minimum Gasteiger partial charge on any atom is -0.494 e. The predicted molar refractivity (Wildman–Crippen MR) is 107 cm³/mol. The summed E-state index contributed by atoms with van der Waals surface area (Å²) in [6.45, 7) is 9.83. The Morgan fingerprint density at radius 3 is 2.16 bits per heavy atom. The molecule has 0 aliphatic carbocycles. The van der Waals surface area contributed by atoms with E-state index in [1.807, 2.05) is 43.3 Å². The van der Waals surface area contributed by atoms with Crippen molar-refractivity contribution >= 4 is 11.0 Å². The van der Waals surface area contributed by atoms with Gasteiger partial charge in [0.1, 0.15) is 16.9 Å². The number of hydrogen-bond donors (Lipinski definition) is 0. The largest absolute Gasteiger partial charge is 0.494 e. The summed E-state index contributed by atoms with van der Waals surface area (Å²) in [5, 5.41) is 1.00. The normalized spacial score (nSPS) is 11.3. The molecule has 0 radical (unpaired) electrons. The van der Waals surface area contributed by atoms with Crippen LogP contribution in [0.15, 0.2) is 52.9 Å². The summed E-state index contributed by atoms with van der Waals surface area (Å²) in [5.41, 5.74) is 3.02. The molecular weight excluding hydrogens is 424 g/mol. The van der Waals surface area contributed by atoms with Crippen molar-refractivity contribution in [2.45, 2.75) is 34.1 Å². The molecule has 0 atom stereocenters. The smallest absolute Gasteiger partial charge is 0.364 e. The maximum atomic E-state index is 8.49. The third-order valence-corrected chi connectivity index (χ3v) is 4.29. The molecule has 8 heteroatoms. The lowest BCUT2D eigenvalue weighted by Crippen LogP contribution is -2.68. The fraction of sp³-hybridized carbons (Fsp3) is 0.348. The van der Waals surface area contributed by atoms with E-state index in [1.54, 1.807) is 0 Å². The summed E-state index contributed by atoms with van der Waals surface area (Å²) >= 11 is 0. The average Bonchev–Trinajstić information content (AvgIpc) is 2.67. The molecule has 0 aliphatic heterocycles. The van der Waals surface area contributed by atoms with Crippen molar-refractivity contribution in [3.8, 4) is 22.8 Å². The first-order valence-corrected chi connectivity index (χ1v) is 11.2. The molecular formula is C23H27ClO7. The Hall–Kier alpha value is -2.42. The van der Waals surface area contributed by atoms with Gasteiger partial charge < -0.3 is 9.47 Å². The molecule has 1 aromatic heterocycles. The van der Waals surface area contributed by atoms with Crippen molar-refractivity contribution in [1.82, 2.24) is 0 Å². The maximum absolute atomic E-state index is 8.49. The second-order valence-corrected chi connectivity index (χ2v) is 8.10. The van der Waals surface area contributed by atoms with Crippen LogP contribution < -0.4 is 28.1 Å². The molecule has 168 valence electrons. The third-order valence-electron chi connectivity index (χ3n) is 4.29. The van der Waals surface area contributed by atoms with Gasteiger partial charge >= 0.3 is 11.3 Å². The predicted octanol–water partition coefficient (Wildman–Crippen LogP) is 1.76. The molecule has 0 unspecified atom stereocenters. The topological polar surface area (TPSA) is 122 Å². The molecule has 0 N–H and O–H groups in total. The van der Waals surface area contributed by atoms with Gasteiger partial charge in [0.05, 0.1) is 24.8 Å². The quantitative estimate of drug-likeness (QED) is 0.502. The van der Waals surface area contributed by atoms with E-state index >= 15 is 0 Å². The van der Waals surface area contributed by atoms with Gasteiger partial charge in [0, 0.05) is 6.07 Å². The summed E-state index contributed by atoms with van der Waals surface area (Å²) in [7, 11) is -4.94. The molecule has 0 amide bonds. The lowest BCUT2D eigenvalue weighted by atomic mass is 10.1. The molecule has 0 saturated heterocycles. The number of hydrogen-bond acceptors (Lipinski definition) is 6. The van der Waals surface area contributed by atoms with Gasteiger partial charge in [-0.1, -0.05) is 13.8 Å². The van der Waals surface area contributed by atoms with Crippen molar-refractivity contribution in [3.05, 3.63) is 54.1 Å². The summed E-state index contributed by atoms with van der Waals surface area (Å²) in [6, 6.07) is 16.2. The summed E-state index contributed by atoms with van der Waals surface area (Å²) in [6.07, 6.45) is 1.05. The van der Waals surface area contributed by atoms with Gasteiger partial charge in [-0.15, -0.1) is 10.2 Å². The van der Waals surface area contributed by atoms with E-state index < -0.39 is 10.2 Å². The monoisotopic (exact) mass is 450 g/mol. The SMILES string of the molecule is CCOc1cc(-c2ccc(OCCC(C)C)cc2)[o+]c2ccc(C)cc12.[O-][Cl+3]([O-])([O-])[O-]. The number of benzene rings is 2. The molecule has 0 fully saturated rings. The Bertz CT molecular complexity index is 960. The van der Waals surface area contributed by atoms with Crippen LogP contribution in [0.1, 0.15) is 32.8 Å². The highest BCUT2D eigenvalue weighted by Gasteiger charge is 2.20. The molecule has 0 saturated carbocycles. The van der Waals surface area contributed by atoms with Crippen molar-refractivity contribution in [1.29, 1.82) is 0 Å². The van der Waals surface area contributed by atoms with Crippen LogP contribution in [0, 0.1) is 23.1 Å². The zero-order valence-electron chi connectivity index (χ0n) is 18.1. The van der Waals surface area contributed by atoms with E-state index in [1.165, 1.54) is 5.56 Å². The first-order chi connectivity index (χ1) is 14.6. The van der Waals surface area contributed by atoms with Gasteiger partial charge in [-0.05, 0) is 68.1 Å². The Morgan fingerprint density at radius 1 is 0.935 bits per heavy atom. The standard InChI is InChI=1S/C23H27O3.ClHO4/c1-5-24-23-15-22(26-21-11-6-17(4)14-20(21)23)18-7-9-19(10-8-18)25-13-12-16(2)3;2-1(3,4)5/h6-11,14-16H,5,12-13H2,1-4H3;(H,2,3,4,5)/q+1;/p-1. The lowest BCUT2D eigenvalue weighted by molar-refractivity contribution is -2.00. The molecule has 2 aromatic carbocycles. The van der Waals surface area contributed by atoms with Crippen LogP contribution in [-0.4, -0.2) is 13.2 Å². The minimum absolute atomic E-state index is 0.620. The Labute approximate surface area is 184 Å². The lowest BCUT2D eigenvalue weighted by Gasteiger charge is -2.17. The molecule has 0 spiro atoms. The van der Waals surface area contributed by atoms with E-state index in [9.17, 15) is 0 Å². The van der Waals surface area contributed by atoms with Gasteiger partial charge in [-0.3, -0.25) is 0 Å². The molecule has 3 rings (SSSR count). The molecule has 7 nitrogen and oxygen atoms in total. The van der Waals surface area contributed by atoms with E-state index in [0.29, 0.717) is 12.5 Å². The van der Waals surface area contributed by atoms with Crippen molar-refractivity contribution in [3.63, 3.8) is 0 Å². The third kappa shape index (κ3) is 8.69. The van der Waals surface area contributed by atoms with Gasteiger partial charge in [0.25, 0.3) is 0 Å².